The predicted octanol–water partition coefficient (Wildman–Crippen LogP) is 3.29. The summed E-state index contributed by atoms with van der Waals surface area (Å²) in [4.78, 5) is 53.9. The largest absolute Gasteiger partial charge is 0.465 e. The Balaban J connectivity index is 1.83. The first-order valence-corrected chi connectivity index (χ1v) is 11.3. The molecule has 10 heteroatoms. The van der Waals surface area contributed by atoms with Gasteiger partial charge in [-0.25, -0.2) is 4.79 Å². The van der Waals surface area contributed by atoms with E-state index in [9.17, 15) is 19.2 Å². The second-order valence-electron chi connectivity index (χ2n) is 7.07. The van der Waals surface area contributed by atoms with Crippen molar-refractivity contribution in [1.82, 2.24) is 4.57 Å². The molecular weight excluding hydrogens is 460 g/mol. The van der Waals surface area contributed by atoms with Crippen LogP contribution in [0.15, 0.2) is 62.7 Å². The van der Waals surface area contributed by atoms with Gasteiger partial charge in [-0.2, -0.15) is 4.99 Å². The first-order chi connectivity index (χ1) is 16.4. The molecule has 0 N–H and O–H groups in total. The molecule has 0 unspecified atom stereocenters. The van der Waals surface area contributed by atoms with E-state index in [0.29, 0.717) is 21.2 Å². The number of hydrogen-bond acceptors (Lipinski definition) is 8. The van der Waals surface area contributed by atoms with E-state index in [1.165, 1.54) is 4.57 Å². The number of carbonyl (C=O) groups excluding carboxylic acids is 3. The predicted molar refractivity (Wildman–Crippen MR) is 125 cm³/mol. The monoisotopic (exact) mass is 480 g/mol. The fraction of sp³-hybridized carbons (Fsp3) is 0.208. The zero-order chi connectivity index (χ0) is 24.2. The van der Waals surface area contributed by atoms with Crippen molar-refractivity contribution in [2.24, 2.45) is 4.99 Å². The van der Waals surface area contributed by atoms with Crippen molar-refractivity contribution in [2.45, 2.75) is 20.4 Å². The number of esters is 2. The first kappa shape index (κ1) is 23.1. The third-order valence-electron chi connectivity index (χ3n) is 4.83. The Morgan fingerprint density at radius 1 is 1.03 bits per heavy atom. The topological polar surface area (TPSA) is 117 Å². The van der Waals surface area contributed by atoms with Crippen molar-refractivity contribution in [3.8, 4) is 0 Å². The summed E-state index contributed by atoms with van der Waals surface area (Å²) in [5, 5.41) is 0.352. The Labute approximate surface area is 196 Å². The maximum absolute atomic E-state index is 12.9. The van der Waals surface area contributed by atoms with Gasteiger partial charge in [0, 0.05) is 6.07 Å². The standard InChI is InChI=1S/C24H20N2O7S/c1-3-31-21(28)13-26-16-10-9-14(23(30)32-4-2)11-20(16)34-24(26)25-22(29)19-12-17(27)15-7-5-6-8-18(15)33-19/h5-12H,3-4,13H2,1-2H3. The van der Waals surface area contributed by atoms with Crippen LogP contribution in [0.5, 0.6) is 0 Å². The number of aromatic nitrogens is 1. The molecule has 4 aromatic rings. The molecule has 174 valence electrons. The van der Waals surface area contributed by atoms with Crippen molar-refractivity contribution in [2.75, 3.05) is 13.2 Å². The van der Waals surface area contributed by atoms with E-state index in [4.69, 9.17) is 13.9 Å². The Morgan fingerprint density at radius 3 is 2.56 bits per heavy atom. The molecule has 0 aliphatic rings. The second kappa shape index (κ2) is 9.84. The number of ether oxygens (including phenoxy) is 2. The molecule has 0 spiro atoms. The molecule has 0 bridgehead atoms. The molecule has 9 nitrogen and oxygen atoms in total. The fourth-order valence-electron chi connectivity index (χ4n) is 3.34. The number of para-hydroxylation sites is 1. The van der Waals surface area contributed by atoms with E-state index < -0.39 is 17.8 Å². The molecule has 1 amide bonds. The van der Waals surface area contributed by atoms with Gasteiger partial charge in [0.05, 0.1) is 34.4 Å². The first-order valence-electron chi connectivity index (χ1n) is 10.5. The van der Waals surface area contributed by atoms with Crippen LogP contribution in [0.3, 0.4) is 0 Å². The van der Waals surface area contributed by atoms with Gasteiger partial charge in [-0.1, -0.05) is 23.5 Å². The maximum atomic E-state index is 12.9. The van der Waals surface area contributed by atoms with Gasteiger partial charge in [0.15, 0.2) is 16.0 Å². The van der Waals surface area contributed by atoms with Crippen LogP contribution in [0.4, 0.5) is 0 Å². The van der Waals surface area contributed by atoms with E-state index in [0.717, 1.165) is 17.4 Å². The van der Waals surface area contributed by atoms with E-state index in [1.54, 1.807) is 56.3 Å². The van der Waals surface area contributed by atoms with Gasteiger partial charge >= 0.3 is 17.8 Å². The van der Waals surface area contributed by atoms with E-state index in [2.05, 4.69) is 4.99 Å². The van der Waals surface area contributed by atoms with Crippen LogP contribution in [-0.2, 0) is 20.8 Å². The molecule has 4 rings (SSSR count). The van der Waals surface area contributed by atoms with Crippen molar-refractivity contribution >= 4 is 50.4 Å². The molecule has 0 fully saturated rings. The van der Waals surface area contributed by atoms with Crippen molar-refractivity contribution < 1.29 is 28.3 Å². The quantitative estimate of drug-likeness (QED) is 0.389. The molecule has 0 saturated heterocycles. The van der Waals surface area contributed by atoms with Crippen LogP contribution in [0, 0.1) is 0 Å². The van der Waals surface area contributed by atoms with Crippen LogP contribution in [0.2, 0.25) is 0 Å². The normalized spacial score (nSPS) is 11.6. The van der Waals surface area contributed by atoms with Gasteiger partial charge in [-0.3, -0.25) is 14.4 Å². The SMILES string of the molecule is CCOC(=O)Cn1c(=NC(=O)c2cc(=O)c3ccccc3o2)sc2cc(C(=O)OCC)ccc21. The summed E-state index contributed by atoms with van der Waals surface area (Å²) in [5.41, 5.74) is 0.813. The number of amides is 1. The molecular formula is C24H20N2O7S. The van der Waals surface area contributed by atoms with Gasteiger partial charge in [0.1, 0.15) is 12.1 Å². The Bertz CT molecular complexity index is 1540. The lowest BCUT2D eigenvalue weighted by Crippen LogP contribution is -2.23. The van der Waals surface area contributed by atoms with E-state index in [1.807, 2.05) is 0 Å². The van der Waals surface area contributed by atoms with Crippen molar-refractivity contribution in [3.63, 3.8) is 0 Å². The summed E-state index contributed by atoms with van der Waals surface area (Å²) in [7, 11) is 0. The van der Waals surface area contributed by atoms with Crippen LogP contribution >= 0.6 is 11.3 Å². The average molecular weight is 480 g/mol. The van der Waals surface area contributed by atoms with Crippen LogP contribution < -0.4 is 10.2 Å². The highest BCUT2D eigenvalue weighted by atomic mass is 32.1. The van der Waals surface area contributed by atoms with Crippen LogP contribution in [0.1, 0.15) is 34.8 Å². The van der Waals surface area contributed by atoms with E-state index in [-0.39, 0.29) is 41.3 Å². The molecule has 0 aliphatic carbocycles. The van der Waals surface area contributed by atoms with Gasteiger partial charge in [0.25, 0.3) is 0 Å². The fourth-order valence-corrected chi connectivity index (χ4v) is 4.41. The van der Waals surface area contributed by atoms with Gasteiger partial charge in [-0.05, 0) is 44.2 Å². The summed E-state index contributed by atoms with van der Waals surface area (Å²) in [6.45, 7) is 3.64. The number of fused-ring (bicyclic) bond motifs is 2. The van der Waals surface area contributed by atoms with Crippen molar-refractivity contribution in [1.29, 1.82) is 0 Å². The number of thiazole rings is 1. The van der Waals surface area contributed by atoms with Crippen LogP contribution in [0.25, 0.3) is 21.2 Å². The lowest BCUT2D eigenvalue weighted by molar-refractivity contribution is -0.143. The highest BCUT2D eigenvalue weighted by Crippen LogP contribution is 2.20. The lowest BCUT2D eigenvalue weighted by Gasteiger charge is -2.06. The third-order valence-corrected chi connectivity index (χ3v) is 5.87. The minimum atomic E-state index is -0.780. The average Bonchev–Trinajstić information content (AvgIpc) is 3.15. The number of rotatable bonds is 6. The van der Waals surface area contributed by atoms with Gasteiger partial charge in [0.2, 0.25) is 0 Å². The van der Waals surface area contributed by atoms with Gasteiger partial charge in [-0.15, -0.1) is 0 Å². The zero-order valence-electron chi connectivity index (χ0n) is 18.4. The molecule has 2 aromatic heterocycles. The minimum Gasteiger partial charge on any atom is -0.465 e. The lowest BCUT2D eigenvalue weighted by atomic mass is 10.2. The van der Waals surface area contributed by atoms with Crippen LogP contribution in [-0.4, -0.2) is 35.6 Å². The summed E-state index contributed by atoms with van der Waals surface area (Å²) < 4.78 is 17.8. The molecule has 0 aliphatic heterocycles. The zero-order valence-corrected chi connectivity index (χ0v) is 19.2. The molecule has 2 aromatic carbocycles. The van der Waals surface area contributed by atoms with Gasteiger partial charge < -0.3 is 18.5 Å². The summed E-state index contributed by atoms with van der Waals surface area (Å²) in [5.74, 6) is -2.00. The number of hydrogen-bond donors (Lipinski definition) is 0. The molecule has 0 radical (unpaired) electrons. The molecule has 2 heterocycles. The Morgan fingerprint density at radius 2 is 1.79 bits per heavy atom. The maximum Gasteiger partial charge on any atom is 0.338 e. The van der Waals surface area contributed by atoms with E-state index >= 15 is 0 Å². The summed E-state index contributed by atoms with van der Waals surface area (Å²) >= 11 is 1.10. The summed E-state index contributed by atoms with van der Waals surface area (Å²) in [6, 6.07) is 12.5. The number of carbonyl (C=O) groups is 3. The minimum absolute atomic E-state index is 0.185. The highest BCUT2D eigenvalue weighted by molar-refractivity contribution is 7.16. The molecule has 0 saturated carbocycles. The Hall–Kier alpha value is -4.05. The third kappa shape index (κ3) is 4.67. The smallest absolute Gasteiger partial charge is 0.338 e. The molecule has 0 atom stereocenters. The van der Waals surface area contributed by atoms with Crippen molar-refractivity contribution in [3.05, 3.63) is 74.9 Å². The second-order valence-corrected chi connectivity index (χ2v) is 8.08. The molecule has 34 heavy (non-hydrogen) atoms. The highest BCUT2D eigenvalue weighted by Gasteiger charge is 2.17. The number of nitrogens with zero attached hydrogens (tertiary/aromatic N) is 2. The summed E-state index contributed by atoms with van der Waals surface area (Å²) in [6.07, 6.45) is 0. The Kier molecular flexibility index (Phi) is 6.69. The number of benzene rings is 2.